The molecule has 8 heteroatoms. The molecule has 2 aromatic rings. The molecule has 0 aliphatic carbocycles. The van der Waals surface area contributed by atoms with E-state index in [4.69, 9.17) is 16.3 Å². The zero-order chi connectivity index (χ0) is 20.4. The number of aryl methyl sites for hydroxylation is 1. The zero-order valence-corrected chi connectivity index (χ0v) is 17.5. The predicted molar refractivity (Wildman–Crippen MR) is 109 cm³/mol. The van der Waals surface area contributed by atoms with E-state index in [1.54, 1.807) is 18.2 Å². The quantitative estimate of drug-likeness (QED) is 0.786. The summed E-state index contributed by atoms with van der Waals surface area (Å²) >= 11 is 6.04. The molecule has 6 nitrogen and oxygen atoms in total. The van der Waals surface area contributed by atoms with Gasteiger partial charge in [-0.3, -0.25) is 9.10 Å². The highest BCUT2D eigenvalue weighted by atomic mass is 35.5. The van der Waals surface area contributed by atoms with Gasteiger partial charge in [0.1, 0.15) is 11.8 Å². The first-order valence-corrected chi connectivity index (χ1v) is 10.5. The van der Waals surface area contributed by atoms with Crippen LogP contribution in [-0.2, 0) is 14.8 Å². The second-order valence-corrected chi connectivity index (χ2v) is 8.58. The molecule has 0 saturated heterocycles. The van der Waals surface area contributed by atoms with E-state index in [0.717, 1.165) is 21.7 Å². The molecule has 0 spiro atoms. The lowest BCUT2D eigenvalue weighted by Gasteiger charge is -2.29. The van der Waals surface area contributed by atoms with Gasteiger partial charge in [0.2, 0.25) is 15.9 Å². The molecule has 2 rings (SSSR count). The number of rotatable bonds is 6. The minimum absolute atomic E-state index is 0.205. The molecule has 0 radical (unpaired) electrons. The van der Waals surface area contributed by atoms with E-state index in [1.807, 2.05) is 26.0 Å². The number of methoxy groups -OCH3 is 1. The van der Waals surface area contributed by atoms with Gasteiger partial charge in [-0.05, 0) is 56.2 Å². The van der Waals surface area contributed by atoms with E-state index < -0.39 is 22.0 Å². The maximum atomic E-state index is 12.8. The molecule has 0 heterocycles. The van der Waals surface area contributed by atoms with Gasteiger partial charge in [-0.25, -0.2) is 8.42 Å². The van der Waals surface area contributed by atoms with Crippen LogP contribution < -0.4 is 14.4 Å². The van der Waals surface area contributed by atoms with Crippen molar-refractivity contribution in [2.45, 2.75) is 26.8 Å². The van der Waals surface area contributed by atoms with Crippen LogP contribution in [0.25, 0.3) is 0 Å². The summed E-state index contributed by atoms with van der Waals surface area (Å²) < 4.78 is 31.2. The van der Waals surface area contributed by atoms with Crippen LogP contribution in [0.2, 0.25) is 5.02 Å². The first-order chi connectivity index (χ1) is 12.6. The van der Waals surface area contributed by atoms with Crippen molar-refractivity contribution in [2.24, 2.45) is 0 Å². The molecule has 1 atom stereocenters. The highest BCUT2D eigenvalue weighted by molar-refractivity contribution is 7.92. The Bertz CT molecular complexity index is 960. The van der Waals surface area contributed by atoms with E-state index in [1.165, 1.54) is 20.1 Å². The number of hydrogen-bond acceptors (Lipinski definition) is 4. The topological polar surface area (TPSA) is 75.7 Å². The van der Waals surface area contributed by atoms with Crippen LogP contribution >= 0.6 is 11.6 Å². The van der Waals surface area contributed by atoms with Crippen molar-refractivity contribution in [1.29, 1.82) is 0 Å². The second kappa shape index (κ2) is 8.19. The number of benzene rings is 2. The third-order valence-electron chi connectivity index (χ3n) is 4.33. The number of sulfonamides is 1. The van der Waals surface area contributed by atoms with Crippen LogP contribution in [-0.4, -0.2) is 33.7 Å². The number of anilines is 2. The first kappa shape index (κ1) is 21.1. The summed E-state index contributed by atoms with van der Waals surface area (Å²) in [5.74, 6) is -0.160. The van der Waals surface area contributed by atoms with E-state index >= 15 is 0 Å². The fraction of sp³-hybridized carbons (Fsp3) is 0.316. The maximum Gasteiger partial charge on any atom is 0.248 e. The number of carbonyl (C=O) groups is 1. The molecule has 2 aromatic carbocycles. The monoisotopic (exact) mass is 410 g/mol. The van der Waals surface area contributed by atoms with Gasteiger partial charge in [-0.1, -0.05) is 23.7 Å². The van der Waals surface area contributed by atoms with Crippen molar-refractivity contribution >= 4 is 38.9 Å². The Balaban J connectivity index is 2.44. The molecule has 0 aliphatic heterocycles. The number of amides is 1. The Hall–Kier alpha value is -2.25. The van der Waals surface area contributed by atoms with Gasteiger partial charge in [0.25, 0.3) is 0 Å². The van der Waals surface area contributed by atoms with Gasteiger partial charge in [0.05, 0.1) is 19.1 Å². The van der Waals surface area contributed by atoms with E-state index in [-0.39, 0.29) is 5.69 Å². The smallest absolute Gasteiger partial charge is 0.248 e. The molecule has 1 N–H and O–H groups in total. The molecule has 0 aromatic heterocycles. The zero-order valence-electron chi connectivity index (χ0n) is 15.9. The average Bonchev–Trinajstić information content (AvgIpc) is 2.58. The SMILES string of the molecule is COc1ccc(Cl)cc1N(C(C)C(=O)Nc1cccc(C)c1C)S(C)(=O)=O. The molecule has 0 saturated carbocycles. The van der Waals surface area contributed by atoms with Crippen molar-refractivity contribution in [3.8, 4) is 5.75 Å². The Kier molecular flexibility index (Phi) is 6.38. The maximum absolute atomic E-state index is 12.8. The minimum atomic E-state index is -3.79. The highest BCUT2D eigenvalue weighted by Crippen LogP contribution is 2.34. The summed E-state index contributed by atoms with van der Waals surface area (Å²) in [6.07, 6.45) is 1.04. The van der Waals surface area contributed by atoms with Crippen molar-refractivity contribution in [1.82, 2.24) is 0 Å². The lowest BCUT2D eigenvalue weighted by atomic mass is 10.1. The number of hydrogen-bond donors (Lipinski definition) is 1. The lowest BCUT2D eigenvalue weighted by molar-refractivity contribution is -0.116. The van der Waals surface area contributed by atoms with E-state index in [2.05, 4.69) is 5.32 Å². The summed E-state index contributed by atoms with van der Waals surface area (Å²) in [5.41, 5.74) is 2.79. The minimum Gasteiger partial charge on any atom is -0.495 e. The van der Waals surface area contributed by atoms with Crippen LogP contribution in [0.4, 0.5) is 11.4 Å². The van der Waals surface area contributed by atoms with Crippen molar-refractivity contribution in [2.75, 3.05) is 23.0 Å². The van der Waals surface area contributed by atoms with Gasteiger partial charge in [-0.2, -0.15) is 0 Å². The molecule has 0 aliphatic rings. The third kappa shape index (κ3) is 4.73. The van der Waals surface area contributed by atoms with Crippen LogP contribution in [0.5, 0.6) is 5.75 Å². The number of nitrogens with one attached hydrogen (secondary N) is 1. The Labute approximate surface area is 165 Å². The van der Waals surface area contributed by atoms with Crippen molar-refractivity contribution < 1.29 is 17.9 Å². The summed E-state index contributed by atoms with van der Waals surface area (Å²) in [5, 5.41) is 3.14. The predicted octanol–water partition coefficient (Wildman–Crippen LogP) is 3.76. The third-order valence-corrected chi connectivity index (χ3v) is 5.79. The second-order valence-electron chi connectivity index (χ2n) is 6.29. The summed E-state index contributed by atoms with van der Waals surface area (Å²) in [6.45, 7) is 5.35. The van der Waals surface area contributed by atoms with Crippen LogP contribution in [0.1, 0.15) is 18.1 Å². The molecule has 1 unspecified atom stereocenters. The Morgan fingerprint density at radius 2 is 1.89 bits per heavy atom. The molecule has 1 amide bonds. The van der Waals surface area contributed by atoms with Crippen LogP contribution in [0.3, 0.4) is 0 Å². The van der Waals surface area contributed by atoms with Gasteiger partial charge < -0.3 is 10.1 Å². The number of nitrogens with zero attached hydrogens (tertiary/aromatic N) is 1. The van der Waals surface area contributed by atoms with E-state index in [0.29, 0.717) is 16.5 Å². The number of carbonyl (C=O) groups excluding carboxylic acids is 1. The average molecular weight is 411 g/mol. The Morgan fingerprint density at radius 1 is 1.22 bits per heavy atom. The summed E-state index contributed by atoms with van der Waals surface area (Å²) in [7, 11) is -2.36. The van der Waals surface area contributed by atoms with Crippen LogP contribution in [0, 0.1) is 13.8 Å². The van der Waals surface area contributed by atoms with Crippen molar-refractivity contribution in [3.05, 3.63) is 52.5 Å². The summed E-state index contributed by atoms with van der Waals surface area (Å²) in [4.78, 5) is 12.8. The first-order valence-electron chi connectivity index (χ1n) is 8.26. The molecule has 146 valence electrons. The number of ether oxygens (including phenoxy) is 1. The molecular formula is C19H23ClN2O4S. The number of halogens is 1. The molecule has 0 fully saturated rings. The largest absolute Gasteiger partial charge is 0.495 e. The summed E-state index contributed by atoms with van der Waals surface area (Å²) in [6, 6.07) is 9.13. The fourth-order valence-corrected chi connectivity index (χ4v) is 4.08. The van der Waals surface area contributed by atoms with Crippen molar-refractivity contribution in [3.63, 3.8) is 0 Å². The molecular weight excluding hydrogens is 388 g/mol. The lowest BCUT2D eigenvalue weighted by Crippen LogP contribution is -2.45. The molecule has 0 bridgehead atoms. The van der Waals surface area contributed by atoms with Crippen LogP contribution in [0.15, 0.2) is 36.4 Å². The Morgan fingerprint density at radius 3 is 2.48 bits per heavy atom. The standard InChI is InChI=1S/C19H23ClN2O4S/c1-12-7-6-8-16(13(12)2)21-19(23)14(3)22(27(5,24)25)17-11-15(20)9-10-18(17)26-4/h6-11,14H,1-5H3,(H,21,23). The van der Waals surface area contributed by atoms with Gasteiger partial charge >= 0.3 is 0 Å². The van der Waals surface area contributed by atoms with E-state index in [9.17, 15) is 13.2 Å². The normalized spacial score (nSPS) is 12.4. The van der Waals surface area contributed by atoms with Gasteiger partial charge in [0.15, 0.2) is 0 Å². The van der Waals surface area contributed by atoms with Gasteiger partial charge in [-0.15, -0.1) is 0 Å². The van der Waals surface area contributed by atoms with Gasteiger partial charge in [0, 0.05) is 10.7 Å². The highest BCUT2D eigenvalue weighted by Gasteiger charge is 2.31. The fourth-order valence-electron chi connectivity index (χ4n) is 2.74. The molecule has 27 heavy (non-hydrogen) atoms.